The average molecular weight is 306 g/mol. The van der Waals surface area contributed by atoms with E-state index in [9.17, 15) is 4.79 Å². The van der Waals surface area contributed by atoms with E-state index in [1.165, 1.54) is 0 Å². The highest BCUT2D eigenvalue weighted by Gasteiger charge is 2.14. The van der Waals surface area contributed by atoms with Gasteiger partial charge in [0.05, 0.1) is 19.2 Å². The Balaban J connectivity index is 2.33. The zero-order chi connectivity index (χ0) is 16.1. The van der Waals surface area contributed by atoms with Gasteiger partial charge in [-0.3, -0.25) is 0 Å². The summed E-state index contributed by atoms with van der Waals surface area (Å²) in [6.45, 7) is 3.45. The van der Waals surface area contributed by atoms with Gasteiger partial charge in [-0.2, -0.15) is 0 Å². The van der Waals surface area contributed by atoms with Crippen LogP contribution in [-0.4, -0.2) is 56.8 Å². The van der Waals surface area contributed by atoms with E-state index in [1.54, 1.807) is 20.1 Å². The van der Waals surface area contributed by atoms with E-state index in [0.29, 0.717) is 30.4 Å². The van der Waals surface area contributed by atoms with Crippen molar-refractivity contribution in [3.05, 3.63) is 23.9 Å². The first kappa shape index (κ1) is 16.2. The van der Waals surface area contributed by atoms with Crippen molar-refractivity contribution in [2.75, 3.05) is 41.0 Å². The first-order valence-electron chi connectivity index (χ1n) is 7.20. The zero-order valence-corrected chi connectivity index (χ0v) is 13.4. The SMILES string of the molecule is CCOC(=O)c1cc2cc(OC)cc(OCCN(C)C)c2[nH]1. The molecule has 0 bridgehead atoms. The number of carbonyl (C=O) groups excluding carboxylic acids is 1. The van der Waals surface area contributed by atoms with Gasteiger partial charge in [0, 0.05) is 18.0 Å². The lowest BCUT2D eigenvalue weighted by Gasteiger charge is -2.12. The van der Waals surface area contributed by atoms with Gasteiger partial charge < -0.3 is 24.1 Å². The summed E-state index contributed by atoms with van der Waals surface area (Å²) in [7, 11) is 5.57. The molecule has 120 valence electrons. The Kier molecular flexibility index (Phi) is 5.27. The van der Waals surface area contributed by atoms with E-state index in [-0.39, 0.29) is 5.97 Å². The van der Waals surface area contributed by atoms with Crippen molar-refractivity contribution in [2.45, 2.75) is 6.92 Å². The minimum atomic E-state index is -0.378. The second-order valence-electron chi connectivity index (χ2n) is 5.14. The maximum atomic E-state index is 11.9. The van der Waals surface area contributed by atoms with Crippen LogP contribution in [0.1, 0.15) is 17.4 Å². The van der Waals surface area contributed by atoms with Gasteiger partial charge in [0.25, 0.3) is 0 Å². The van der Waals surface area contributed by atoms with Crippen LogP contribution in [0.5, 0.6) is 11.5 Å². The number of hydrogen-bond donors (Lipinski definition) is 1. The first-order chi connectivity index (χ1) is 10.5. The number of nitrogens with one attached hydrogen (secondary N) is 1. The highest BCUT2D eigenvalue weighted by molar-refractivity contribution is 5.97. The fourth-order valence-corrected chi connectivity index (χ4v) is 2.07. The van der Waals surface area contributed by atoms with Crippen molar-refractivity contribution in [3.8, 4) is 11.5 Å². The maximum absolute atomic E-state index is 11.9. The van der Waals surface area contributed by atoms with E-state index in [4.69, 9.17) is 14.2 Å². The molecule has 22 heavy (non-hydrogen) atoms. The number of methoxy groups -OCH3 is 1. The number of rotatable bonds is 7. The number of esters is 1. The van der Waals surface area contributed by atoms with Crippen LogP contribution in [0, 0.1) is 0 Å². The topological polar surface area (TPSA) is 63.8 Å². The Bertz CT molecular complexity index is 649. The van der Waals surface area contributed by atoms with Gasteiger partial charge in [-0.05, 0) is 33.2 Å². The van der Waals surface area contributed by atoms with E-state index in [0.717, 1.165) is 17.4 Å². The summed E-state index contributed by atoms with van der Waals surface area (Å²) in [5.41, 5.74) is 1.17. The molecule has 0 amide bonds. The van der Waals surface area contributed by atoms with Crippen molar-refractivity contribution in [1.29, 1.82) is 0 Å². The number of aromatic amines is 1. The lowest BCUT2D eigenvalue weighted by atomic mass is 10.2. The normalized spacial score (nSPS) is 11.0. The van der Waals surface area contributed by atoms with Crippen molar-refractivity contribution < 1.29 is 19.0 Å². The molecule has 0 aliphatic heterocycles. The molecule has 6 heteroatoms. The molecule has 0 saturated carbocycles. The number of fused-ring (bicyclic) bond motifs is 1. The van der Waals surface area contributed by atoms with Gasteiger partial charge in [0.15, 0.2) is 0 Å². The molecular weight excluding hydrogens is 284 g/mol. The molecule has 0 saturated heterocycles. The van der Waals surface area contributed by atoms with Crippen molar-refractivity contribution in [1.82, 2.24) is 9.88 Å². The number of carbonyl (C=O) groups is 1. The highest BCUT2D eigenvalue weighted by Crippen LogP contribution is 2.31. The quantitative estimate of drug-likeness (QED) is 0.795. The Morgan fingerprint density at radius 2 is 2.05 bits per heavy atom. The predicted octanol–water partition coefficient (Wildman–Crippen LogP) is 2.29. The molecule has 1 heterocycles. The fraction of sp³-hybridized carbons (Fsp3) is 0.438. The number of hydrogen-bond acceptors (Lipinski definition) is 5. The van der Waals surface area contributed by atoms with Gasteiger partial charge in [-0.15, -0.1) is 0 Å². The highest BCUT2D eigenvalue weighted by atomic mass is 16.5. The number of ether oxygens (including phenoxy) is 3. The van der Waals surface area contributed by atoms with Crippen LogP contribution in [0.25, 0.3) is 10.9 Å². The third kappa shape index (κ3) is 3.71. The summed E-state index contributed by atoms with van der Waals surface area (Å²) in [6.07, 6.45) is 0. The summed E-state index contributed by atoms with van der Waals surface area (Å²) in [5.74, 6) is 0.963. The van der Waals surface area contributed by atoms with Crippen LogP contribution in [0.2, 0.25) is 0 Å². The number of aromatic nitrogens is 1. The van der Waals surface area contributed by atoms with Crippen molar-refractivity contribution in [2.24, 2.45) is 0 Å². The Morgan fingerprint density at radius 3 is 2.68 bits per heavy atom. The average Bonchev–Trinajstić information content (AvgIpc) is 2.91. The van der Waals surface area contributed by atoms with Gasteiger partial charge >= 0.3 is 5.97 Å². The van der Waals surface area contributed by atoms with Crippen LogP contribution >= 0.6 is 0 Å². The smallest absolute Gasteiger partial charge is 0.354 e. The van der Waals surface area contributed by atoms with E-state index < -0.39 is 0 Å². The first-order valence-corrected chi connectivity index (χ1v) is 7.20. The summed E-state index contributed by atoms with van der Waals surface area (Å²) in [6, 6.07) is 5.41. The summed E-state index contributed by atoms with van der Waals surface area (Å²) >= 11 is 0. The Hall–Kier alpha value is -2.21. The molecule has 2 rings (SSSR count). The minimum Gasteiger partial charge on any atom is -0.497 e. The lowest BCUT2D eigenvalue weighted by Crippen LogP contribution is -2.19. The summed E-state index contributed by atoms with van der Waals surface area (Å²) in [4.78, 5) is 17.0. The summed E-state index contributed by atoms with van der Waals surface area (Å²) in [5, 5.41) is 0.849. The lowest BCUT2D eigenvalue weighted by molar-refractivity contribution is 0.0520. The minimum absolute atomic E-state index is 0.337. The van der Waals surface area contributed by atoms with Gasteiger partial charge in [0.1, 0.15) is 23.8 Å². The van der Waals surface area contributed by atoms with Crippen LogP contribution in [0.4, 0.5) is 0 Å². The zero-order valence-electron chi connectivity index (χ0n) is 13.4. The van der Waals surface area contributed by atoms with E-state index >= 15 is 0 Å². The van der Waals surface area contributed by atoms with Crippen LogP contribution < -0.4 is 9.47 Å². The molecule has 0 spiro atoms. The number of likely N-dealkylation sites (N-methyl/N-ethyl adjacent to an activating group) is 1. The standard InChI is InChI=1S/C16H22N2O4/c1-5-21-16(19)13-9-11-8-12(20-4)10-14(15(11)17-13)22-7-6-18(2)3/h8-10,17H,5-7H2,1-4H3. The predicted molar refractivity (Wildman–Crippen MR) is 84.9 cm³/mol. The molecule has 0 aliphatic rings. The summed E-state index contributed by atoms with van der Waals surface area (Å²) < 4.78 is 16.1. The Morgan fingerprint density at radius 1 is 1.27 bits per heavy atom. The van der Waals surface area contributed by atoms with Gasteiger partial charge in [-0.1, -0.05) is 0 Å². The molecule has 2 aromatic rings. The van der Waals surface area contributed by atoms with Crippen LogP contribution in [0.3, 0.4) is 0 Å². The molecule has 0 fully saturated rings. The molecule has 0 radical (unpaired) electrons. The molecule has 0 unspecified atom stereocenters. The molecular formula is C16H22N2O4. The van der Waals surface area contributed by atoms with Crippen LogP contribution in [0.15, 0.2) is 18.2 Å². The number of benzene rings is 1. The molecule has 1 aromatic carbocycles. The van der Waals surface area contributed by atoms with Gasteiger partial charge in [-0.25, -0.2) is 4.79 Å². The monoisotopic (exact) mass is 306 g/mol. The Labute approximate surface area is 130 Å². The third-order valence-corrected chi connectivity index (χ3v) is 3.19. The molecule has 1 N–H and O–H groups in total. The van der Waals surface area contributed by atoms with Crippen LogP contribution in [-0.2, 0) is 4.74 Å². The molecule has 0 atom stereocenters. The number of H-pyrrole nitrogens is 1. The van der Waals surface area contributed by atoms with Gasteiger partial charge in [0.2, 0.25) is 0 Å². The third-order valence-electron chi connectivity index (χ3n) is 3.19. The molecule has 0 aliphatic carbocycles. The van der Waals surface area contributed by atoms with E-state index in [1.807, 2.05) is 31.1 Å². The van der Waals surface area contributed by atoms with E-state index in [2.05, 4.69) is 4.98 Å². The van der Waals surface area contributed by atoms with Crippen molar-refractivity contribution >= 4 is 16.9 Å². The molecule has 1 aromatic heterocycles. The maximum Gasteiger partial charge on any atom is 0.354 e. The number of nitrogens with zero attached hydrogens (tertiary/aromatic N) is 1. The molecule has 6 nitrogen and oxygen atoms in total. The largest absolute Gasteiger partial charge is 0.497 e. The fourth-order valence-electron chi connectivity index (χ4n) is 2.07. The van der Waals surface area contributed by atoms with Crippen molar-refractivity contribution in [3.63, 3.8) is 0 Å². The second kappa shape index (κ2) is 7.17. The second-order valence-corrected chi connectivity index (χ2v) is 5.14.